The van der Waals surface area contributed by atoms with Crippen LogP contribution in [0, 0.1) is 2.88 Å². The molecule has 0 aliphatic heterocycles. The molecule has 14 heavy (non-hydrogen) atoms. The second kappa shape index (κ2) is 4.76. The molecule has 0 aromatic carbocycles. The van der Waals surface area contributed by atoms with Gasteiger partial charge in [-0.1, -0.05) is 15.9 Å². The fourth-order valence-electron chi connectivity index (χ4n) is 1.18. The van der Waals surface area contributed by atoms with E-state index in [4.69, 9.17) is 0 Å². The number of hydrogen-bond acceptors (Lipinski definition) is 2. The molecule has 2 aromatic heterocycles. The first-order chi connectivity index (χ1) is 6.75. The maximum absolute atomic E-state index is 4.20. The van der Waals surface area contributed by atoms with Gasteiger partial charge in [0.15, 0.2) is 0 Å². The summed E-state index contributed by atoms with van der Waals surface area (Å²) in [5.41, 5.74) is 1.33. The number of nitrogens with zero attached hydrogens (tertiary/aromatic N) is 1. The topological polar surface area (TPSA) is 28.7 Å². The standard InChI is InChI=1S/C9H8BrIN2S/c10-7(4-9-12-1-2-13-9)6-3-8(11)14-5-6/h1-3,5,7H,4H2,(H,12,13). The second-order valence-corrected chi connectivity index (χ2v) is 6.80. The monoisotopic (exact) mass is 382 g/mol. The maximum atomic E-state index is 4.20. The summed E-state index contributed by atoms with van der Waals surface area (Å²) in [6, 6.07) is 2.20. The van der Waals surface area contributed by atoms with E-state index in [1.54, 1.807) is 17.5 Å². The van der Waals surface area contributed by atoms with Crippen LogP contribution in [0.3, 0.4) is 0 Å². The lowest BCUT2D eigenvalue weighted by Gasteiger charge is -2.04. The van der Waals surface area contributed by atoms with E-state index in [9.17, 15) is 0 Å². The molecule has 0 saturated carbocycles. The van der Waals surface area contributed by atoms with E-state index in [0.717, 1.165) is 12.2 Å². The zero-order chi connectivity index (χ0) is 9.97. The minimum atomic E-state index is 0.355. The number of aromatic amines is 1. The average Bonchev–Trinajstić information content (AvgIpc) is 2.75. The smallest absolute Gasteiger partial charge is 0.107 e. The fourth-order valence-corrected chi connectivity index (χ4v) is 3.36. The van der Waals surface area contributed by atoms with Gasteiger partial charge in [0.25, 0.3) is 0 Å². The summed E-state index contributed by atoms with van der Waals surface area (Å²) in [5.74, 6) is 1.02. The zero-order valence-corrected chi connectivity index (χ0v) is 11.8. The summed E-state index contributed by atoms with van der Waals surface area (Å²) in [6.45, 7) is 0. The van der Waals surface area contributed by atoms with Crippen molar-refractivity contribution in [3.8, 4) is 0 Å². The number of H-pyrrole nitrogens is 1. The molecule has 0 bridgehead atoms. The zero-order valence-electron chi connectivity index (χ0n) is 7.21. The SMILES string of the molecule is BrC(Cc1ncc[nH]1)c1csc(I)c1. The van der Waals surface area contributed by atoms with E-state index < -0.39 is 0 Å². The summed E-state index contributed by atoms with van der Waals surface area (Å²) < 4.78 is 1.32. The first-order valence-electron chi connectivity index (χ1n) is 4.12. The van der Waals surface area contributed by atoms with Gasteiger partial charge in [0.2, 0.25) is 0 Å². The van der Waals surface area contributed by atoms with Gasteiger partial charge in [-0.3, -0.25) is 0 Å². The summed E-state index contributed by atoms with van der Waals surface area (Å²) in [6.07, 6.45) is 4.54. The molecule has 0 aliphatic rings. The van der Waals surface area contributed by atoms with E-state index in [-0.39, 0.29) is 0 Å². The van der Waals surface area contributed by atoms with E-state index in [1.807, 2.05) is 6.20 Å². The van der Waals surface area contributed by atoms with Gasteiger partial charge in [-0.05, 0) is 39.6 Å². The van der Waals surface area contributed by atoms with E-state index >= 15 is 0 Å². The summed E-state index contributed by atoms with van der Waals surface area (Å²) in [5, 5.41) is 2.18. The van der Waals surface area contributed by atoms with Gasteiger partial charge in [-0.25, -0.2) is 4.98 Å². The van der Waals surface area contributed by atoms with E-state index in [0.29, 0.717) is 4.83 Å². The van der Waals surface area contributed by atoms with Crippen LogP contribution in [0.15, 0.2) is 23.8 Å². The lowest BCUT2D eigenvalue weighted by Crippen LogP contribution is -1.95. The van der Waals surface area contributed by atoms with Crippen LogP contribution in [0.1, 0.15) is 16.2 Å². The number of nitrogens with one attached hydrogen (secondary N) is 1. The van der Waals surface area contributed by atoms with Crippen molar-refractivity contribution in [3.63, 3.8) is 0 Å². The Bertz CT molecular complexity index is 399. The number of hydrogen-bond donors (Lipinski definition) is 1. The Labute approximate surface area is 108 Å². The highest BCUT2D eigenvalue weighted by molar-refractivity contribution is 14.1. The van der Waals surface area contributed by atoms with Gasteiger partial charge in [0.05, 0.1) is 2.88 Å². The molecule has 0 spiro atoms. The van der Waals surface area contributed by atoms with Gasteiger partial charge in [-0.2, -0.15) is 0 Å². The van der Waals surface area contributed by atoms with Gasteiger partial charge in [0, 0.05) is 23.6 Å². The molecule has 2 nitrogen and oxygen atoms in total. The summed E-state index contributed by atoms with van der Waals surface area (Å²) >= 11 is 7.77. The third kappa shape index (κ3) is 2.58. The van der Waals surface area contributed by atoms with Crippen molar-refractivity contribution in [1.82, 2.24) is 9.97 Å². The van der Waals surface area contributed by atoms with Crippen molar-refractivity contribution in [3.05, 3.63) is 38.1 Å². The quantitative estimate of drug-likeness (QED) is 0.635. The van der Waals surface area contributed by atoms with Crippen LogP contribution in [0.25, 0.3) is 0 Å². The number of rotatable bonds is 3. The average molecular weight is 383 g/mol. The Balaban J connectivity index is 2.06. The molecule has 0 aliphatic carbocycles. The summed E-state index contributed by atoms with van der Waals surface area (Å²) in [4.78, 5) is 7.66. The predicted molar refractivity (Wildman–Crippen MR) is 71.0 cm³/mol. The Kier molecular flexibility index (Phi) is 3.62. The van der Waals surface area contributed by atoms with Crippen LogP contribution >= 0.6 is 49.9 Å². The molecule has 2 rings (SSSR count). The summed E-state index contributed by atoms with van der Waals surface area (Å²) in [7, 11) is 0. The highest BCUT2D eigenvalue weighted by Crippen LogP contribution is 2.30. The van der Waals surface area contributed by atoms with Crippen LogP contribution in [-0.2, 0) is 6.42 Å². The van der Waals surface area contributed by atoms with Gasteiger partial charge in [-0.15, -0.1) is 11.3 Å². The van der Waals surface area contributed by atoms with Crippen LogP contribution in [0.5, 0.6) is 0 Å². The van der Waals surface area contributed by atoms with E-state index in [2.05, 4.69) is 59.9 Å². The van der Waals surface area contributed by atoms with Crippen molar-refractivity contribution in [2.75, 3.05) is 0 Å². The molecule has 2 heterocycles. The highest BCUT2D eigenvalue weighted by atomic mass is 127. The van der Waals surface area contributed by atoms with Gasteiger partial charge < -0.3 is 4.98 Å². The lowest BCUT2D eigenvalue weighted by molar-refractivity contribution is 0.879. The highest BCUT2D eigenvalue weighted by Gasteiger charge is 2.11. The Morgan fingerprint density at radius 3 is 3.07 bits per heavy atom. The molecular formula is C9H8BrIN2S. The molecule has 2 aromatic rings. The molecule has 0 radical (unpaired) electrons. The van der Waals surface area contributed by atoms with Gasteiger partial charge in [0.1, 0.15) is 5.82 Å². The van der Waals surface area contributed by atoms with Gasteiger partial charge >= 0.3 is 0 Å². The molecule has 1 unspecified atom stereocenters. The van der Waals surface area contributed by atoms with Crippen molar-refractivity contribution in [2.45, 2.75) is 11.2 Å². The molecule has 1 N–H and O–H groups in total. The molecule has 74 valence electrons. The normalized spacial score (nSPS) is 13.0. The molecule has 0 saturated heterocycles. The number of halogens is 2. The Morgan fingerprint density at radius 2 is 2.50 bits per heavy atom. The first kappa shape index (κ1) is 10.6. The fraction of sp³-hybridized carbons (Fsp3) is 0.222. The number of imidazole rings is 1. The van der Waals surface area contributed by atoms with Crippen LogP contribution in [0.4, 0.5) is 0 Å². The molecule has 5 heteroatoms. The molecule has 0 amide bonds. The maximum Gasteiger partial charge on any atom is 0.107 e. The van der Waals surface area contributed by atoms with Crippen molar-refractivity contribution >= 4 is 49.9 Å². The third-order valence-corrected chi connectivity index (χ3v) is 4.54. The molecule has 1 atom stereocenters. The number of thiophene rings is 1. The lowest BCUT2D eigenvalue weighted by atomic mass is 10.2. The minimum absolute atomic E-state index is 0.355. The molecular weight excluding hydrogens is 375 g/mol. The van der Waals surface area contributed by atoms with Crippen molar-refractivity contribution in [1.29, 1.82) is 0 Å². The van der Waals surface area contributed by atoms with Crippen molar-refractivity contribution in [2.24, 2.45) is 0 Å². The van der Waals surface area contributed by atoms with Crippen LogP contribution in [-0.4, -0.2) is 9.97 Å². The number of alkyl halides is 1. The second-order valence-electron chi connectivity index (χ2n) is 2.89. The molecule has 0 fully saturated rings. The third-order valence-electron chi connectivity index (χ3n) is 1.88. The van der Waals surface area contributed by atoms with Crippen LogP contribution < -0.4 is 0 Å². The predicted octanol–water partition coefficient (Wildman–Crippen LogP) is 3.75. The largest absolute Gasteiger partial charge is 0.349 e. The Morgan fingerprint density at radius 1 is 1.64 bits per heavy atom. The number of aromatic nitrogens is 2. The first-order valence-corrected chi connectivity index (χ1v) is 6.99. The van der Waals surface area contributed by atoms with E-state index in [1.165, 1.54) is 8.45 Å². The van der Waals surface area contributed by atoms with Crippen molar-refractivity contribution < 1.29 is 0 Å². The van der Waals surface area contributed by atoms with Crippen LogP contribution in [0.2, 0.25) is 0 Å². The minimum Gasteiger partial charge on any atom is -0.349 e. The Hall–Kier alpha value is 0.120.